The van der Waals surface area contributed by atoms with Crippen molar-refractivity contribution < 1.29 is 4.74 Å². The standard InChI is InChI=1S/C13H19NO/c1-10-6-4-5-7-11(10)8-12-14-9-13(2,3)15-12/h4-7,12,14H,8-9H2,1-3H3. The van der Waals surface area contributed by atoms with Gasteiger partial charge in [0, 0.05) is 13.0 Å². The zero-order valence-electron chi connectivity index (χ0n) is 9.71. The lowest BCUT2D eigenvalue weighted by atomic mass is 10.1. The molecule has 0 radical (unpaired) electrons. The molecule has 1 atom stereocenters. The Balaban J connectivity index is 2.02. The minimum absolute atomic E-state index is 0.0205. The van der Waals surface area contributed by atoms with Crippen molar-refractivity contribution in [2.75, 3.05) is 6.54 Å². The van der Waals surface area contributed by atoms with E-state index in [0.29, 0.717) is 0 Å². The molecular formula is C13H19NO. The molecule has 0 bridgehead atoms. The van der Waals surface area contributed by atoms with Gasteiger partial charge in [0.15, 0.2) is 0 Å². The van der Waals surface area contributed by atoms with E-state index in [1.54, 1.807) is 0 Å². The van der Waals surface area contributed by atoms with E-state index in [9.17, 15) is 0 Å². The molecule has 0 spiro atoms. The highest BCUT2D eigenvalue weighted by atomic mass is 16.5. The third kappa shape index (κ3) is 2.58. The van der Waals surface area contributed by atoms with Crippen molar-refractivity contribution in [3.63, 3.8) is 0 Å². The lowest BCUT2D eigenvalue weighted by Crippen LogP contribution is -2.25. The fourth-order valence-corrected chi connectivity index (χ4v) is 1.98. The molecule has 1 aromatic rings. The highest BCUT2D eigenvalue weighted by molar-refractivity contribution is 5.26. The third-order valence-corrected chi connectivity index (χ3v) is 2.88. The van der Waals surface area contributed by atoms with Gasteiger partial charge in [-0.05, 0) is 31.9 Å². The molecular weight excluding hydrogens is 186 g/mol. The first-order valence-electron chi connectivity index (χ1n) is 5.52. The molecule has 1 aromatic carbocycles. The lowest BCUT2D eigenvalue weighted by molar-refractivity contribution is -0.0136. The Hall–Kier alpha value is -0.860. The molecule has 2 heteroatoms. The largest absolute Gasteiger partial charge is 0.356 e. The summed E-state index contributed by atoms with van der Waals surface area (Å²) in [6.07, 6.45) is 1.12. The Morgan fingerprint density at radius 3 is 2.73 bits per heavy atom. The second-order valence-corrected chi connectivity index (χ2v) is 4.88. The summed E-state index contributed by atoms with van der Waals surface area (Å²) in [4.78, 5) is 0. The van der Waals surface area contributed by atoms with Gasteiger partial charge in [-0.2, -0.15) is 0 Å². The molecule has 1 fully saturated rings. The average Bonchev–Trinajstić information content (AvgIpc) is 2.50. The molecule has 1 unspecified atom stereocenters. The molecule has 1 heterocycles. The van der Waals surface area contributed by atoms with Crippen LogP contribution in [0.3, 0.4) is 0 Å². The summed E-state index contributed by atoms with van der Waals surface area (Å²) in [5, 5.41) is 3.40. The van der Waals surface area contributed by atoms with Crippen LogP contribution in [0, 0.1) is 6.92 Å². The summed E-state index contributed by atoms with van der Waals surface area (Å²) >= 11 is 0. The Morgan fingerprint density at radius 2 is 2.13 bits per heavy atom. The minimum Gasteiger partial charge on any atom is -0.356 e. The smallest absolute Gasteiger partial charge is 0.113 e. The molecule has 2 nitrogen and oxygen atoms in total. The van der Waals surface area contributed by atoms with E-state index in [1.807, 2.05) is 0 Å². The number of ether oxygens (including phenoxy) is 1. The number of hydrogen-bond donors (Lipinski definition) is 1. The summed E-state index contributed by atoms with van der Waals surface area (Å²) in [5.74, 6) is 0. The molecule has 1 saturated heterocycles. The number of aryl methyl sites for hydroxylation is 1. The van der Waals surface area contributed by atoms with Crippen LogP contribution in [0.4, 0.5) is 0 Å². The van der Waals surface area contributed by atoms with Crippen LogP contribution < -0.4 is 5.32 Å². The average molecular weight is 205 g/mol. The van der Waals surface area contributed by atoms with Crippen LogP contribution >= 0.6 is 0 Å². The molecule has 1 aliphatic rings. The molecule has 0 aromatic heterocycles. The normalized spacial score (nSPS) is 24.3. The van der Waals surface area contributed by atoms with Crippen molar-refractivity contribution in [1.82, 2.24) is 5.32 Å². The van der Waals surface area contributed by atoms with E-state index in [4.69, 9.17) is 4.74 Å². The van der Waals surface area contributed by atoms with Crippen LogP contribution in [0.15, 0.2) is 24.3 Å². The Morgan fingerprint density at radius 1 is 1.40 bits per heavy atom. The summed E-state index contributed by atoms with van der Waals surface area (Å²) in [5.41, 5.74) is 2.69. The highest BCUT2D eigenvalue weighted by Crippen LogP contribution is 2.20. The molecule has 1 N–H and O–H groups in total. The van der Waals surface area contributed by atoms with Crippen molar-refractivity contribution in [3.05, 3.63) is 35.4 Å². The van der Waals surface area contributed by atoms with E-state index in [0.717, 1.165) is 13.0 Å². The molecule has 2 rings (SSSR count). The van der Waals surface area contributed by atoms with Crippen LogP contribution in [0.5, 0.6) is 0 Å². The van der Waals surface area contributed by atoms with Crippen molar-refractivity contribution in [2.24, 2.45) is 0 Å². The topological polar surface area (TPSA) is 21.3 Å². The third-order valence-electron chi connectivity index (χ3n) is 2.88. The Kier molecular flexibility index (Phi) is 2.81. The second-order valence-electron chi connectivity index (χ2n) is 4.88. The van der Waals surface area contributed by atoms with Gasteiger partial charge >= 0.3 is 0 Å². The van der Waals surface area contributed by atoms with Crippen LogP contribution in [0.25, 0.3) is 0 Å². The zero-order chi connectivity index (χ0) is 10.9. The Bertz CT molecular complexity index is 346. The minimum atomic E-state index is -0.0205. The molecule has 1 aliphatic heterocycles. The monoisotopic (exact) mass is 205 g/mol. The van der Waals surface area contributed by atoms with Crippen molar-refractivity contribution in [3.8, 4) is 0 Å². The first kappa shape index (κ1) is 10.7. The predicted molar refractivity (Wildman–Crippen MR) is 61.8 cm³/mol. The van der Waals surface area contributed by atoms with E-state index in [-0.39, 0.29) is 11.8 Å². The molecule has 0 amide bonds. The van der Waals surface area contributed by atoms with E-state index < -0.39 is 0 Å². The van der Waals surface area contributed by atoms with Crippen molar-refractivity contribution >= 4 is 0 Å². The van der Waals surface area contributed by atoms with E-state index >= 15 is 0 Å². The van der Waals surface area contributed by atoms with Gasteiger partial charge in [-0.25, -0.2) is 0 Å². The van der Waals surface area contributed by atoms with E-state index in [1.165, 1.54) is 11.1 Å². The van der Waals surface area contributed by atoms with Gasteiger partial charge < -0.3 is 4.74 Å². The predicted octanol–water partition coefficient (Wildman–Crippen LogP) is 2.26. The molecule has 82 valence electrons. The lowest BCUT2D eigenvalue weighted by Gasteiger charge is -2.18. The van der Waals surface area contributed by atoms with Crippen LogP contribution in [0.1, 0.15) is 25.0 Å². The number of nitrogens with one attached hydrogen (secondary N) is 1. The maximum Gasteiger partial charge on any atom is 0.113 e. The Labute approximate surface area is 91.6 Å². The fourth-order valence-electron chi connectivity index (χ4n) is 1.98. The highest BCUT2D eigenvalue weighted by Gasteiger charge is 2.31. The summed E-state index contributed by atoms with van der Waals surface area (Å²) in [7, 11) is 0. The number of benzene rings is 1. The molecule has 15 heavy (non-hydrogen) atoms. The van der Waals surface area contributed by atoms with Crippen LogP contribution in [0.2, 0.25) is 0 Å². The van der Waals surface area contributed by atoms with Gasteiger partial charge in [-0.1, -0.05) is 24.3 Å². The maximum atomic E-state index is 5.90. The fraction of sp³-hybridized carbons (Fsp3) is 0.538. The molecule has 0 aliphatic carbocycles. The maximum absolute atomic E-state index is 5.90. The van der Waals surface area contributed by atoms with Crippen LogP contribution in [-0.4, -0.2) is 18.4 Å². The van der Waals surface area contributed by atoms with Gasteiger partial charge in [0.25, 0.3) is 0 Å². The first-order valence-corrected chi connectivity index (χ1v) is 5.52. The van der Waals surface area contributed by atoms with Gasteiger partial charge in [-0.3, -0.25) is 5.32 Å². The van der Waals surface area contributed by atoms with Crippen molar-refractivity contribution in [1.29, 1.82) is 0 Å². The summed E-state index contributed by atoms with van der Waals surface area (Å²) in [6, 6.07) is 8.48. The summed E-state index contributed by atoms with van der Waals surface area (Å²) in [6.45, 7) is 7.33. The second kappa shape index (κ2) is 3.95. The van der Waals surface area contributed by atoms with Gasteiger partial charge in [0.1, 0.15) is 6.23 Å². The van der Waals surface area contributed by atoms with E-state index in [2.05, 4.69) is 50.4 Å². The summed E-state index contributed by atoms with van der Waals surface area (Å²) < 4.78 is 5.90. The van der Waals surface area contributed by atoms with Gasteiger partial charge in [0.05, 0.1) is 5.60 Å². The van der Waals surface area contributed by atoms with Crippen LogP contribution in [-0.2, 0) is 11.2 Å². The molecule has 0 saturated carbocycles. The van der Waals surface area contributed by atoms with Gasteiger partial charge in [0.2, 0.25) is 0 Å². The quantitative estimate of drug-likeness (QED) is 0.799. The van der Waals surface area contributed by atoms with Gasteiger partial charge in [-0.15, -0.1) is 0 Å². The zero-order valence-corrected chi connectivity index (χ0v) is 9.71. The number of rotatable bonds is 2. The SMILES string of the molecule is Cc1ccccc1CC1NCC(C)(C)O1. The number of hydrogen-bond acceptors (Lipinski definition) is 2. The first-order chi connectivity index (χ1) is 7.07. The van der Waals surface area contributed by atoms with Crippen molar-refractivity contribution in [2.45, 2.75) is 39.0 Å².